The van der Waals surface area contributed by atoms with Gasteiger partial charge >= 0.3 is 5.97 Å². The third-order valence-corrected chi connectivity index (χ3v) is 5.36. The van der Waals surface area contributed by atoms with Crippen LogP contribution in [0.1, 0.15) is 11.3 Å². The predicted octanol–water partition coefficient (Wildman–Crippen LogP) is 4.59. The van der Waals surface area contributed by atoms with E-state index in [1.54, 1.807) is 11.3 Å². The SMILES string of the molecule is CN(C)c1ccc(/C=C(\C#N)C(=O)OCc2csc(-c3ccsc3)n2)cc1. The molecule has 0 N–H and O–H groups in total. The monoisotopic (exact) mass is 395 g/mol. The van der Waals surface area contributed by atoms with E-state index < -0.39 is 5.97 Å². The summed E-state index contributed by atoms with van der Waals surface area (Å²) in [4.78, 5) is 18.7. The van der Waals surface area contributed by atoms with Gasteiger partial charge in [0, 0.05) is 36.1 Å². The molecule has 3 rings (SSSR count). The lowest BCUT2D eigenvalue weighted by Crippen LogP contribution is -2.08. The summed E-state index contributed by atoms with van der Waals surface area (Å²) in [5, 5.41) is 16.0. The molecule has 0 bridgehead atoms. The minimum Gasteiger partial charge on any atom is -0.455 e. The molecule has 0 atom stereocenters. The first-order valence-electron chi connectivity index (χ1n) is 8.10. The molecule has 3 aromatic rings. The number of benzene rings is 1. The number of hydrogen-bond donors (Lipinski definition) is 0. The van der Waals surface area contributed by atoms with Crippen LogP contribution in [0.3, 0.4) is 0 Å². The Balaban J connectivity index is 1.64. The standard InChI is InChI=1S/C20H17N3O2S2/c1-23(2)18-5-3-14(4-6-18)9-16(10-21)20(24)25-11-17-13-27-19(22-17)15-7-8-26-12-15/h3-9,12-13H,11H2,1-2H3/b16-9+. The fourth-order valence-corrected chi connectivity index (χ4v) is 3.80. The summed E-state index contributed by atoms with van der Waals surface area (Å²) in [7, 11) is 3.90. The number of anilines is 1. The Morgan fingerprint density at radius 3 is 2.67 bits per heavy atom. The van der Waals surface area contributed by atoms with Crippen molar-refractivity contribution in [3.05, 3.63) is 63.3 Å². The van der Waals surface area contributed by atoms with E-state index in [-0.39, 0.29) is 12.2 Å². The lowest BCUT2D eigenvalue weighted by molar-refractivity contribution is -0.139. The smallest absolute Gasteiger partial charge is 0.349 e. The van der Waals surface area contributed by atoms with E-state index in [2.05, 4.69) is 4.98 Å². The molecule has 0 aliphatic rings. The lowest BCUT2D eigenvalue weighted by Gasteiger charge is -2.11. The Bertz CT molecular complexity index is 981. The van der Waals surface area contributed by atoms with Crippen molar-refractivity contribution in [1.29, 1.82) is 5.26 Å². The first-order chi connectivity index (χ1) is 13.1. The van der Waals surface area contributed by atoms with Crippen molar-refractivity contribution in [2.75, 3.05) is 19.0 Å². The van der Waals surface area contributed by atoms with Crippen LogP contribution in [0.5, 0.6) is 0 Å². The van der Waals surface area contributed by atoms with Gasteiger partial charge in [-0.25, -0.2) is 9.78 Å². The second-order valence-electron chi connectivity index (χ2n) is 5.89. The molecule has 0 fully saturated rings. The molecule has 0 aliphatic carbocycles. The Hall–Kier alpha value is -2.95. The van der Waals surface area contributed by atoms with E-state index in [9.17, 15) is 10.1 Å². The molecular weight excluding hydrogens is 378 g/mol. The minimum absolute atomic E-state index is 0.0397. The Kier molecular flexibility index (Phi) is 6.01. The minimum atomic E-state index is -0.653. The van der Waals surface area contributed by atoms with Gasteiger partial charge in [-0.15, -0.1) is 11.3 Å². The molecule has 2 aromatic heterocycles. The lowest BCUT2D eigenvalue weighted by atomic mass is 10.1. The van der Waals surface area contributed by atoms with E-state index in [0.717, 1.165) is 21.8 Å². The van der Waals surface area contributed by atoms with Crippen LogP contribution in [0.4, 0.5) is 5.69 Å². The number of carbonyl (C=O) groups excluding carboxylic acids is 1. The summed E-state index contributed by atoms with van der Waals surface area (Å²) in [6.07, 6.45) is 1.53. The molecular formula is C20H17N3O2S2. The normalized spacial score (nSPS) is 11.1. The van der Waals surface area contributed by atoms with Gasteiger partial charge in [-0.05, 0) is 35.2 Å². The van der Waals surface area contributed by atoms with Crippen LogP contribution in [-0.2, 0) is 16.1 Å². The van der Waals surface area contributed by atoms with E-state index in [1.165, 1.54) is 17.4 Å². The van der Waals surface area contributed by atoms with Crippen LogP contribution in [0.15, 0.2) is 52.0 Å². The highest BCUT2D eigenvalue weighted by Crippen LogP contribution is 2.26. The van der Waals surface area contributed by atoms with Crippen molar-refractivity contribution >= 4 is 40.4 Å². The van der Waals surface area contributed by atoms with E-state index >= 15 is 0 Å². The van der Waals surface area contributed by atoms with Gasteiger partial charge in [0.2, 0.25) is 0 Å². The number of nitrogens with zero attached hydrogens (tertiary/aromatic N) is 3. The Morgan fingerprint density at radius 2 is 2.04 bits per heavy atom. The van der Waals surface area contributed by atoms with Gasteiger partial charge in [-0.3, -0.25) is 0 Å². The number of rotatable bonds is 6. The highest BCUT2D eigenvalue weighted by Gasteiger charge is 2.13. The summed E-state index contributed by atoms with van der Waals surface area (Å²) >= 11 is 3.11. The van der Waals surface area contributed by atoms with Gasteiger partial charge in [-0.2, -0.15) is 16.6 Å². The molecule has 27 heavy (non-hydrogen) atoms. The summed E-state index contributed by atoms with van der Waals surface area (Å²) in [6, 6.07) is 11.5. The fourth-order valence-electron chi connectivity index (χ4n) is 2.28. The number of thiazole rings is 1. The highest BCUT2D eigenvalue weighted by atomic mass is 32.1. The van der Waals surface area contributed by atoms with Crippen molar-refractivity contribution in [2.45, 2.75) is 6.61 Å². The molecule has 0 unspecified atom stereocenters. The molecule has 0 saturated carbocycles. The number of aromatic nitrogens is 1. The molecule has 0 spiro atoms. The summed E-state index contributed by atoms with van der Waals surface area (Å²) in [5.41, 5.74) is 3.49. The van der Waals surface area contributed by atoms with Gasteiger partial charge in [0.25, 0.3) is 0 Å². The molecule has 2 heterocycles. The van der Waals surface area contributed by atoms with Crippen LogP contribution in [-0.4, -0.2) is 25.0 Å². The summed E-state index contributed by atoms with van der Waals surface area (Å²) in [5.74, 6) is -0.653. The zero-order valence-electron chi connectivity index (χ0n) is 14.9. The molecule has 0 saturated heterocycles. The number of carbonyl (C=O) groups is 1. The Labute approximate surface area is 165 Å². The maximum Gasteiger partial charge on any atom is 0.349 e. The first-order valence-corrected chi connectivity index (χ1v) is 9.92. The van der Waals surface area contributed by atoms with Gasteiger partial charge in [0.05, 0.1) is 5.69 Å². The quantitative estimate of drug-likeness (QED) is 0.347. The molecule has 0 aliphatic heterocycles. The van der Waals surface area contributed by atoms with E-state index in [0.29, 0.717) is 5.69 Å². The van der Waals surface area contributed by atoms with Crippen molar-refractivity contribution < 1.29 is 9.53 Å². The molecule has 1 aromatic carbocycles. The Morgan fingerprint density at radius 1 is 1.26 bits per heavy atom. The number of hydrogen-bond acceptors (Lipinski definition) is 7. The third-order valence-electron chi connectivity index (χ3n) is 3.73. The topological polar surface area (TPSA) is 66.2 Å². The third kappa shape index (κ3) is 4.82. The van der Waals surface area contributed by atoms with E-state index in [1.807, 2.05) is 71.5 Å². The van der Waals surface area contributed by atoms with Crippen molar-refractivity contribution in [3.63, 3.8) is 0 Å². The fraction of sp³-hybridized carbons (Fsp3) is 0.150. The number of nitriles is 1. The van der Waals surface area contributed by atoms with Gasteiger partial charge in [0.15, 0.2) is 0 Å². The summed E-state index contributed by atoms with van der Waals surface area (Å²) < 4.78 is 5.25. The first kappa shape index (κ1) is 18.8. The zero-order chi connectivity index (χ0) is 19.2. The molecule has 0 radical (unpaired) electrons. The van der Waals surface area contributed by atoms with Gasteiger partial charge < -0.3 is 9.64 Å². The van der Waals surface area contributed by atoms with Gasteiger partial charge in [-0.1, -0.05) is 12.1 Å². The van der Waals surface area contributed by atoms with Crippen LogP contribution < -0.4 is 4.90 Å². The largest absolute Gasteiger partial charge is 0.455 e. The average molecular weight is 396 g/mol. The van der Waals surface area contributed by atoms with Crippen LogP contribution in [0.2, 0.25) is 0 Å². The van der Waals surface area contributed by atoms with Crippen molar-refractivity contribution in [2.24, 2.45) is 0 Å². The maximum atomic E-state index is 12.2. The predicted molar refractivity (Wildman–Crippen MR) is 110 cm³/mol. The average Bonchev–Trinajstić information content (AvgIpc) is 3.36. The van der Waals surface area contributed by atoms with Crippen molar-refractivity contribution in [1.82, 2.24) is 4.98 Å². The van der Waals surface area contributed by atoms with Gasteiger partial charge in [0.1, 0.15) is 23.3 Å². The number of esters is 1. The number of ether oxygens (including phenoxy) is 1. The van der Waals surface area contributed by atoms with Crippen LogP contribution >= 0.6 is 22.7 Å². The van der Waals surface area contributed by atoms with Crippen molar-refractivity contribution in [3.8, 4) is 16.6 Å². The van der Waals surface area contributed by atoms with Crippen LogP contribution in [0.25, 0.3) is 16.6 Å². The molecule has 5 nitrogen and oxygen atoms in total. The maximum absolute atomic E-state index is 12.2. The summed E-state index contributed by atoms with van der Waals surface area (Å²) in [6.45, 7) is 0.0397. The highest BCUT2D eigenvalue weighted by molar-refractivity contribution is 7.14. The van der Waals surface area contributed by atoms with E-state index in [4.69, 9.17) is 4.74 Å². The molecule has 0 amide bonds. The zero-order valence-corrected chi connectivity index (χ0v) is 16.5. The van der Waals surface area contributed by atoms with Crippen LogP contribution in [0, 0.1) is 11.3 Å². The second kappa shape index (κ2) is 8.62. The second-order valence-corrected chi connectivity index (χ2v) is 7.53. The number of thiophene rings is 1. The molecule has 7 heteroatoms. The molecule has 136 valence electrons.